The third kappa shape index (κ3) is 2.20. The van der Waals surface area contributed by atoms with Gasteiger partial charge in [0.05, 0.1) is 6.20 Å². The first-order chi connectivity index (χ1) is 7.79. The van der Waals surface area contributed by atoms with Crippen molar-refractivity contribution in [3.05, 3.63) is 42.5 Å². The summed E-state index contributed by atoms with van der Waals surface area (Å²) in [4.78, 5) is 18.1. The number of nitrogens with one attached hydrogen (secondary N) is 2. The second-order valence-electron chi connectivity index (χ2n) is 3.11. The van der Waals surface area contributed by atoms with Crippen molar-refractivity contribution in [3.63, 3.8) is 0 Å². The molecular weight excluding hydrogens is 206 g/mol. The van der Waals surface area contributed by atoms with Gasteiger partial charge < -0.3 is 15.0 Å². The first-order valence-electron chi connectivity index (χ1n) is 4.78. The highest BCUT2D eigenvalue weighted by Gasteiger charge is 2.04. The monoisotopic (exact) mass is 217 g/mol. The van der Waals surface area contributed by atoms with E-state index in [1.54, 1.807) is 37.6 Å². The number of ether oxygens (including phenoxy) is 1. The van der Waals surface area contributed by atoms with Crippen molar-refractivity contribution in [2.24, 2.45) is 0 Å². The molecule has 0 unspecified atom stereocenters. The minimum absolute atomic E-state index is 0.215. The van der Waals surface area contributed by atoms with Gasteiger partial charge in [0.15, 0.2) is 0 Å². The lowest BCUT2D eigenvalue weighted by Crippen LogP contribution is -2.18. The van der Waals surface area contributed by atoms with Gasteiger partial charge in [0, 0.05) is 19.4 Å². The number of carbonyl (C=O) groups is 1. The van der Waals surface area contributed by atoms with E-state index in [4.69, 9.17) is 4.74 Å². The number of nitrogens with zero attached hydrogens (tertiary/aromatic N) is 1. The molecule has 16 heavy (non-hydrogen) atoms. The maximum absolute atomic E-state index is 11.2. The van der Waals surface area contributed by atoms with Crippen LogP contribution in [0.2, 0.25) is 0 Å². The molecule has 0 saturated heterocycles. The Balaban J connectivity index is 2.10. The van der Waals surface area contributed by atoms with Crippen LogP contribution < -0.4 is 10.1 Å². The van der Waals surface area contributed by atoms with E-state index >= 15 is 0 Å². The van der Waals surface area contributed by atoms with Crippen LogP contribution in [0.25, 0.3) is 0 Å². The fourth-order valence-electron chi connectivity index (χ4n) is 1.21. The topological polar surface area (TPSA) is 67.0 Å². The zero-order valence-electron chi connectivity index (χ0n) is 8.73. The Morgan fingerprint density at radius 1 is 1.38 bits per heavy atom. The lowest BCUT2D eigenvalue weighted by molar-refractivity contribution is 0.0958. The Labute approximate surface area is 92.5 Å². The molecule has 0 saturated carbocycles. The Hall–Kier alpha value is -2.30. The average molecular weight is 217 g/mol. The van der Waals surface area contributed by atoms with Crippen LogP contribution >= 0.6 is 0 Å². The Morgan fingerprint density at radius 2 is 2.25 bits per heavy atom. The van der Waals surface area contributed by atoms with E-state index in [0.717, 1.165) is 0 Å². The molecule has 0 aliphatic carbocycles. The zero-order valence-corrected chi connectivity index (χ0v) is 8.73. The highest BCUT2D eigenvalue weighted by atomic mass is 16.5. The molecule has 2 aromatic heterocycles. The highest BCUT2D eigenvalue weighted by molar-refractivity contribution is 5.91. The molecule has 5 heteroatoms. The molecule has 1 amide bonds. The van der Waals surface area contributed by atoms with E-state index < -0.39 is 0 Å². The molecule has 2 N–H and O–H groups in total. The first kappa shape index (κ1) is 10.2. The predicted molar refractivity (Wildman–Crippen MR) is 58.5 cm³/mol. The summed E-state index contributed by atoms with van der Waals surface area (Å²) < 4.78 is 5.46. The van der Waals surface area contributed by atoms with Crippen LogP contribution in [0.1, 0.15) is 10.5 Å². The molecule has 0 aromatic carbocycles. The molecule has 2 rings (SSSR count). The van der Waals surface area contributed by atoms with Gasteiger partial charge in [-0.1, -0.05) is 0 Å². The fraction of sp³-hybridized carbons (Fsp3) is 0.0909. The van der Waals surface area contributed by atoms with Gasteiger partial charge in [-0.05, 0) is 18.2 Å². The molecule has 0 bridgehead atoms. The van der Waals surface area contributed by atoms with Crippen LogP contribution in [0.5, 0.6) is 11.5 Å². The summed E-state index contributed by atoms with van der Waals surface area (Å²) in [5.74, 6) is 1.08. The van der Waals surface area contributed by atoms with Gasteiger partial charge >= 0.3 is 0 Å². The van der Waals surface area contributed by atoms with Gasteiger partial charge in [0.1, 0.15) is 17.2 Å². The standard InChI is InChI=1S/C11H11N3O2/c1-12-11(15)10-3-2-8(7-14-10)16-9-4-5-13-6-9/h2-7,13H,1H3,(H,12,15). The van der Waals surface area contributed by atoms with Crippen LogP contribution in [0.15, 0.2) is 36.8 Å². The Morgan fingerprint density at radius 3 is 2.81 bits per heavy atom. The van der Waals surface area contributed by atoms with Gasteiger partial charge in [0.2, 0.25) is 0 Å². The van der Waals surface area contributed by atoms with Crippen LogP contribution in [0, 0.1) is 0 Å². The lowest BCUT2D eigenvalue weighted by atomic mass is 10.3. The van der Waals surface area contributed by atoms with Crippen molar-refractivity contribution in [3.8, 4) is 11.5 Å². The largest absolute Gasteiger partial charge is 0.454 e. The van der Waals surface area contributed by atoms with Crippen molar-refractivity contribution in [1.29, 1.82) is 0 Å². The number of hydrogen-bond acceptors (Lipinski definition) is 3. The first-order valence-corrected chi connectivity index (χ1v) is 4.78. The third-order valence-corrected chi connectivity index (χ3v) is 2.00. The summed E-state index contributed by atoms with van der Waals surface area (Å²) >= 11 is 0. The summed E-state index contributed by atoms with van der Waals surface area (Å²) in [5.41, 5.74) is 0.365. The molecule has 0 spiro atoms. The second-order valence-corrected chi connectivity index (χ2v) is 3.11. The molecule has 5 nitrogen and oxygen atoms in total. The molecule has 0 aliphatic heterocycles. The molecule has 2 aromatic rings. The maximum atomic E-state index is 11.2. The number of H-pyrrole nitrogens is 1. The Bertz CT molecular complexity index is 462. The summed E-state index contributed by atoms with van der Waals surface area (Å²) in [6.45, 7) is 0. The number of aromatic amines is 1. The van der Waals surface area contributed by atoms with Crippen molar-refractivity contribution < 1.29 is 9.53 Å². The SMILES string of the molecule is CNC(=O)c1ccc(Oc2cc[nH]c2)cn1. The number of carbonyl (C=O) groups excluding carboxylic acids is 1. The Kier molecular flexibility index (Phi) is 2.86. The van der Waals surface area contributed by atoms with E-state index in [1.807, 2.05) is 0 Å². The van der Waals surface area contributed by atoms with Gasteiger partial charge in [-0.3, -0.25) is 4.79 Å². The van der Waals surface area contributed by atoms with E-state index in [1.165, 1.54) is 6.20 Å². The number of aromatic nitrogens is 2. The van der Waals surface area contributed by atoms with Crippen molar-refractivity contribution in [1.82, 2.24) is 15.3 Å². The second kappa shape index (κ2) is 4.48. The summed E-state index contributed by atoms with van der Waals surface area (Å²) in [7, 11) is 1.56. The molecule has 0 atom stereocenters. The molecule has 2 heterocycles. The quantitative estimate of drug-likeness (QED) is 0.819. The van der Waals surface area contributed by atoms with E-state index in [9.17, 15) is 4.79 Å². The smallest absolute Gasteiger partial charge is 0.269 e. The van der Waals surface area contributed by atoms with E-state index in [0.29, 0.717) is 17.2 Å². The zero-order chi connectivity index (χ0) is 11.4. The number of hydrogen-bond donors (Lipinski definition) is 2. The third-order valence-electron chi connectivity index (χ3n) is 2.00. The predicted octanol–water partition coefficient (Wildman–Crippen LogP) is 1.56. The lowest BCUT2D eigenvalue weighted by Gasteiger charge is -2.03. The molecular formula is C11H11N3O2. The summed E-state index contributed by atoms with van der Waals surface area (Å²) in [6, 6.07) is 5.11. The highest BCUT2D eigenvalue weighted by Crippen LogP contribution is 2.19. The maximum Gasteiger partial charge on any atom is 0.269 e. The van der Waals surface area contributed by atoms with Gasteiger partial charge in [0.25, 0.3) is 5.91 Å². The summed E-state index contributed by atoms with van der Waals surface area (Å²) in [6.07, 6.45) is 5.01. The minimum Gasteiger partial charge on any atom is -0.454 e. The number of rotatable bonds is 3. The minimum atomic E-state index is -0.215. The summed E-state index contributed by atoms with van der Waals surface area (Å²) in [5, 5.41) is 2.50. The fourth-order valence-corrected chi connectivity index (χ4v) is 1.21. The number of amides is 1. The van der Waals surface area contributed by atoms with Crippen molar-refractivity contribution in [2.75, 3.05) is 7.05 Å². The molecule has 0 aliphatic rings. The van der Waals surface area contributed by atoms with Crippen LogP contribution in [-0.2, 0) is 0 Å². The van der Waals surface area contributed by atoms with Crippen LogP contribution in [0.3, 0.4) is 0 Å². The van der Waals surface area contributed by atoms with E-state index in [-0.39, 0.29) is 5.91 Å². The van der Waals surface area contributed by atoms with Crippen molar-refractivity contribution >= 4 is 5.91 Å². The molecule has 82 valence electrons. The normalized spacial score (nSPS) is 9.81. The average Bonchev–Trinajstić information content (AvgIpc) is 2.82. The van der Waals surface area contributed by atoms with Crippen LogP contribution in [-0.4, -0.2) is 22.9 Å². The van der Waals surface area contributed by atoms with Crippen molar-refractivity contribution in [2.45, 2.75) is 0 Å². The van der Waals surface area contributed by atoms with Gasteiger partial charge in [-0.25, -0.2) is 4.98 Å². The van der Waals surface area contributed by atoms with Crippen LogP contribution in [0.4, 0.5) is 0 Å². The molecule has 0 fully saturated rings. The van der Waals surface area contributed by atoms with E-state index in [2.05, 4.69) is 15.3 Å². The number of pyridine rings is 1. The molecule has 0 radical (unpaired) electrons. The van der Waals surface area contributed by atoms with Gasteiger partial charge in [-0.15, -0.1) is 0 Å². The van der Waals surface area contributed by atoms with Gasteiger partial charge in [-0.2, -0.15) is 0 Å².